The minimum atomic E-state index is -0.808. The molecule has 0 saturated carbocycles. The maximum absolute atomic E-state index is 13.2. The summed E-state index contributed by atoms with van der Waals surface area (Å²) >= 11 is 3.45. The number of barbiturate groups is 1. The van der Waals surface area contributed by atoms with Gasteiger partial charge in [-0.15, -0.1) is 0 Å². The Bertz CT molecular complexity index is 1290. The summed E-state index contributed by atoms with van der Waals surface area (Å²) in [7, 11) is 0. The molecule has 0 radical (unpaired) electrons. The Morgan fingerprint density at radius 2 is 1.69 bits per heavy atom. The maximum atomic E-state index is 13.2. The molecular formula is C27H23BrN2O5. The number of nitrogens with zero attached hydrogens (tertiary/aromatic N) is 1. The molecule has 7 nitrogen and oxygen atoms in total. The van der Waals surface area contributed by atoms with Crippen LogP contribution in [0.2, 0.25) is 0 Å². The smallest absolute Gasteiger partial charge is 0.335 e. The zero-order chi connectivity index (χ0) is 24.9. The molecular weight excluding hydrogens is 512 g/mol. The molecule has 1 saturated heterocycles. The predicted octanol–water partition coefficient (Wildman–Crippen LogP) is 5.48. The van der Waals surface area contributed by atoms with Gasteiger partial charge >= 0.3 is 6.03 Å². The molecule has 3 aromatic rings. The molecule has 1 N–H and O–H groups in total. The first kappa shape index (κ1) is 24.2. The Hall–Kier alpha value is -3.91. The normalized spacial score (nSPS) is 14.9. The second kappa shape index (κ2) is 10.6. The Balaban J connectivity index is 1.53. The lowest BCUT2D eigenvalue weighted by Gasteiger charge is -2.26. The quantitative estimate of drug-likeness (QED) is 0.320. The molecule has 1 fully saturated rings. The first-order valence-corrected chi connectivity index (χ1v) is 11.8. The Kier molecular flexibility index (Phi) is 7.31. The molecule has 1 heterocycles. The molecule has 3 aromatic carbocycles. The number of carbonyl (C=O) groups is 3. The standard InChI is InChI=1S/C27H23BrN2O5/c1-17(2)35-24-13-8-19(15-23(24)28)14-22-25(31)29-27(33)30(26(22)32)20-9-11-21(12-10-20)34-16-18-6-4-3-5-7-18/h3-15,17H,16H2,1-2H3,(H,29,31,33)/b22-14+. The summed E-state index contributed by atoms with van der Waals surface area (Å²) in [6.45, 7) is 4.23. The number of benzene rings is 3. The van der Waals surface area contributed by atoms with Crippen LogP contribution >= 0.6 is 15.9 Å². The van der Waals surface area contributed by atoms with Gasteiger partial charge in [-0.05, 0) is 83.4 Å². The molecule has 35 heavy (non-hydrogen) atoms. The van der Waals surface area contributed by atoms with Crippen LogP contribution in [-0.2, 0) is 16.2 Å². The molecule has 0 unspecified atom stereocenters. The number of carbonyl (C=O) groups excluding carboxylic acids is 3. The van der Waals surface area contributed by atoms with E-state index in [9.17, 15) is 14.4 Å². The van der Waals surface area contributed by atoms with Crippen LogP contribution in [0.4, 0.5) is 10.5 Å². The second-order valence-electron chi connectivity index (χ2n) is 8.08. The summed E-state index contributed by atoms with van der Waals surface area (Å²) in [5.74, 6) is -0.233. The van der Waals surface area contributed by atoms with Gasteiger partial charge in [0.05, 0.1) is 16.3 Å². The number of hydrogen-bond donors (Lipinski definition) is 1. The van der Waals surface area contributed by atoms with Gasteiger partial charge in [0.2, 0.25) is 0 Å². The predicted molar refractivity (Wildman–Crippen MR) is 136 cm³/mol. The van der Waals surface area contributed by atoms with E-state index >= 15 is 0 Å². The van der Waals surface area contributed by atoms with Gasteiger partial charge in [0, 0.05) is 0 Å². The van der Waals surface area contributed by atoms with E-state index in [2.05, 4.69) is 21.2 Å². The molecule has 0 spiro atoms. The van der Waals surface area contributed by atoms with Crippen molar-refractivity contribution in [2.75, 3.05) is 4.90 Å². The van der Waals surface area contributed by atoms with Gasteiger partial charge in [-0.3, -0.25) is 14.9 Å². The second-order valence-corrected chi connectivity index (χ2v) is 8.94. The SMILES string of the molecule is CC(C)Oc1ccc(/C=C2\C(=O)NC(=O)N(c3ccc(OCc4ccccc4)cc3)C2=O)cc1Br. The first-order chi connectivity index (χ1) is 16.8. The summed E-state index contributed by atoms with van der Waals surface area (Å²) in [5.41, 5.74) is 1.79. The zero-order valence-electron chi connectivity index (χ0n) is 19.2. The number of rotatable bonds is 7. The molecule has 1 aliphatic heterocycles. The highest BCUT2D eigenvalue weighted by molar-refractivity contribution is 9.10. The molecule has 0 aromatic heterocycles. The van der Waals surface area contributed by atoms with E-state index in [1.54, 1.807) is 42.5 Å². The van der Waals surface area contributed by atoms with Crippen molar-refractivity contribution < 1.29 is 23.9 Å². The third-order valence-corrected chi connectivity index (χ3v) is 5.69. The highest BCUT2D eigenvalue weighted by Crippen LogP contribution is 2.29. The van der Waals surface area contributed by atoms with Crippen LogP contribution in [0.3, 0.4) is 0 Å². The Morgan fingerprint density at radius 3 is 2.34 bits per heavy atom. The molecule has 0 bridgehead atoms. The number of imide groups is 2. The number of amides is 4. The van der Waals surface area contributed by atoms with Crippen molar-refractivity contribution in [3.05, 3.63) is 94.0 Å². The van der Waals surface area contributed by atoms with Crippen molar-refractivity contribution in [3.8, 4) is 11.5 Å². The summed E-state index contributed by atoms with van der Waals surface area (Å²) in [5, 5.41) is 2.23. The lowest BCUT2D eigenvalue weighted by Crippen LogP contribution is -2.54. The average molecular weight is 535 g/mol. The summed E-state index contributed by atoms with van der Waals surface area (Å²) in [6.07, 6.45) is 1.44. The van der Waals surface area contributed by atoms with Gasteiger partial charge in [-0.25, -0.2) is 9.69 Å². The summed E-state index contributed by atoms with van der Waals surface area (Å²) in [4.78, 5) is 39.0. The van der Waals surface area contributed by atoms with E-state index in [4.69, 9.17) is 9.47 Å². The van der Waals surface area contributed by atoms with Gasteiger partial charge in [0.25, 0.3) is 11.8 Å². The number of urea groups is 1. The average Bonchev–Trinajstić information content (AvgIpc) is 2.83. The van der Waals surface area contributed by atoms with E-state index in [0.29, 0.717) is 33.8 Å². The fraction of sp³-hybridized carbons (Fsp3) is 0.148. The molecule has 178 valence electrons. The number of hydrogen-bond acceptors (Lipinski definition) is 5. The van der Waals surface area contributed by atoms with E-state index in [1.165, 1.54) is 6.08 Å². The molecule has 4 rings (SSSR count). The number of ether oxygens (including phenoxy) is 2. The summed E-state index contributed by atoms with van der Waals surface area (Å²) in [6, 6.07) is 20.7. The minimum Gasteiger partial charge on any atom is -0.490 e. The van der Waals surface area contributed by atoms with Crippen molar-refractivity contribution in [3.63, 3.8) is 0 Å². The van der Waals surface area contributed by atoms with Crippen molar-refractivity contribution in [2.45, 2.75) is 26.6 Å². The lowest BCUT2D eigenvalue weighted by molar-refractivity contribution is -0.122. The van der Waals surface area contributed by atoms with Crippen molar-refractivity contribution >= 4 is 45.5 Å². The van der Waals surface area contributed by atoms with Gasteiger partial charge in [-0.2, -0.15) is 0 Å². The number of nitrogens with one attached hydrogen (secondary N) is 1. The van der Waals surface area contributed by atoms with Crippen LogP contribution in [0, 0.1) is 0 Å². The molecule has 4 amide bonds. The van der Waals surface area contributed by atoms with E-state index in [1.807, 2.05) is 44.2 Å². The lowest BCUT2D eigenvalue weighted by atomic mass is 10.1. The molecule has 8 heteroatoms. The fourth-order valence-corrected chi connectivity index (χ4v) is 3.94. The number of anilines is 1. The maximum Gasteiger partial charge on any atom is 0.335 e. The first-order valence-electron chi connectivity index (χ1n) is 11.0. The molecule has 0 aliphatic carbocycles. The van der Waals surface area contributed by atoms with Crippen molar-refractivity contribution in [2.24, 2.45) is 0 Å². The monoisotopic (exact) mass is 534 g/mol. The highest BCUT2D eigenvalue weighted by atomic mass is 79.9. The minimum absolute atomic E-state index is 0.00379. The van der Waals surface area contributed by atoms with Gasteiger partial charge in [0.15, 0.2) is 0 Å². The van der Waals surface area contributed by atoms with Crippen LogP contribution in [0.15, 0.2) is 82.8 Å². The molecule has 1 aliphatic rings. The number of halogens is 1. The van der Waals surface area contributed by atoms with Gasteiger partial charge in [0.1, 0.15) is 23.7 Å². The zero-order valence-corrected chi connectivity index (χ0v) is 20.7. The van der Waals surface area contributed by atoms with Gasteiger partial charge in [-0.1, -0.05) is 36.4 Å². The van der Waals surface area contributed by atoms with Crippen molar-refractivity contribution in [1.82, 2.24) is 5.32 Å². The summed E-state index contributed by atoms with van der Waals surface area (Å²) < 4.78 is 12.1. The van der Waals surface area contributed by atoms with E-state index in [0.717, 1.165) is 10.5 Å². The largest absolute Gasteiger partial charge is 0.490 e. The van der Waals surface area contributed by atoms with Crippen molar-refractivity contribution in [1.29, 1.82) is 0 Å². The van der Waals surface area contributed by atoms with E-state index in [-0.39, 0.29) is 11.7 Å². The molecule has 0 atom stereocenters. The van der Waals surface area contributed by atoms with E-state index < -0.39 is 17.8 Å². The third-order valence-electron chi connectivity index (χ3n) is 5.07. The van der Waals surface area contributed by atoms with Crippen LogP contribution in [0.25, 0.3) is 6.08 Å². The third kappa shape index (κ3) is 5.78. The van der Waals surface area contributed by atoms with Gasteiger partial charge < -0.3 is 9.47 Å². The topological polar surface area (TPSA) is 84.9 Å². The fourth-order valence-electron chi connectivity index (χ4n) is 3.45. The van der Waals surface area contributed by atoms with Crippen LogP contribution in [0.5, 0.6) is 11.5 Å². The van der Waals surface area contributed by atoms with Crippen LogP contribution in [-0.4, -0.2) is 23.9 Å². The Labute approximate surface area is 211 Å². The van der Waals surface area contributed by atoms with Crippen LogP contribution < -0.4 is 19.7 Å². The highest BCUT2D eigenvalue weighted by Gasteiger charge is 2.36. The Morgan fingerprint density at radius 1 is 0.971 bits per heavy atom. The van der Waals surface area contributed by atoms with Crippen LogP contribution in [0.1, 0.15) is 25.0 Å².